The number of anilines is 2. The number of rotatable bonds is 4. The maximum absolute atomic E-state index is 17.0. The number of nitrogens with zero attached hydrogens (tertiary/aromatic N) is 6. The van der Waals surface area contributed by atoms with Crippen LogP contribution in [0.15, 0.2) is 52.7 Å². The topological polar surface area (TPSA) is 99.5 Å². The molecule has 1 N–H and O–H groups in total. The summed E-state index contributed by atoms with van der Waals surface area (Å²) in [6.45, 7) is 14.8. The Labute approximate surface area is 288 Å². The molecule has 12 heteroatoms. The standard InChI is InChI=1S/C37H39ClFN7O3/c1-9-26(47)44-17-22-16-42(7)35-33(45(22)15-21(44)6)23-14-24(39)28(27-19(4)10-11-25-34(27)43(8)37(49)41-25)29(38)32(23)46(36(35)48)31-20(5)12-13-40-30(31)18(2)3/h9-14,18,21-22H,1,15-17H2,2-8H3,(H,41,49). The second-order valence-electron chi connectivity index (χ2n) is 13.7. The number of hydrogen-bond acceptors (Lipinski definition) is 6. The second-order valence-corrected chi connectivity index (χ2v) is 14.0. The highest BCUT2D eigenvalue weighted by atomic mass is 35.5. The van der Waals surface area contributed by atoms with Gasteiger partial charge in [-0.25, -0.2) is 9.18 Å². The zero-order valence-corrected chi connectivity index (χ0v) is 29.4. The minimum atomic E-state index is -0.584. The third kappa shape index (κ3) is 4.73. The van der Waals surface area contributed by atoms with Crippen molar-refractivity contribution in [2.24, 2.45) is 7.05 Å². The van der Waals surface area contributed by atoms with E-state index in [4.69, 9.17) is 16.6 Å². The Hall–Kier alpha value is -4.90. The highest BCUT2D eigenvalue weighted by molar-refractivity contribution is 6.39. The Morgan fingerprint density at radius 3 is 2.47 bits per heavy atom. The number of aryl methyl sites for hydroxylation is 3. The number of carbonyl (C=O) groups is 1. The fourth-order valence-electron chi connectivity index (χ4n) is 7.86. The lowest BCUT2D eigenvalue weighted by atomic mass is 9.94. The molecule has 0 saturated carbocycles. The van der Waals surface area contributed by atoms with E-state index in [2.05, 4.69) is 16.5 Å². The molecule has 2 aliphatic rings. The largest absolute Gasteiger partial charge is 0.366 e. The Kier molecular flexibility index (Phi) is 7.74. The van der Waals surface area contributed by atoms with Crippen molar-refractivity contribution < 1.29 is 9.18 Å². The fraction of sp³-hybridized carbons (Fsp3) is 0.351. The zero-order valence-electron chi connectivity index (χ0n) is 28.7. The molecule has 0 bridgehead atoms. The van der Waals surface area contributed by atoms with Crippen LogP contribution in [0.1, 0.15) is 43.5 Å². The number of H-pyrrole nitrogens is 1. The van der Waals surface area contributed by atoms with E-state index in [9.17, 15) is 9.59 Å². The first kappa shape index (κ1) is 32.6. The molecule has 1 amide bonds. The van der Waals surface area contributed by atoms with E-state index in [0.29, 0.717) is 75.5 Å². The first-order chi connectivity index (χ1) is 23.3. The normalized spacial score (nSPS) is 17.6. The molecule has 0 aliphatic carbocycles. The van der Waals surface area contributed by atoms with Gasteiger partial charge >= 0.3 is 5.69 Å². The van der Waals surface area contributed by atoms with Crippen molar-refractivity contribution >= 4 is 50.8 Å². The van der Waals surface area contributed by atoms with E-state index in [1.807, 2.05) is 58.7 Å². The number of halogens is 2. The summed E-state index contributed by atoms with van der Waals surface area (Å²) in [5, 5.41) is 0.522. The maximum atomic E-state index is 17.0. The molecular weight excluding hydrogens is 645 g/mol. The lowest BCUT2D eigenvalue weighted by molar-refractivity contribution is -0.128. The molecule has 5 aromatic rings. The summed E-state index contributed by atoms with van der Waals surface area (Å²) in [6, 6.07) is 6.57. The van der Waals surface area contributed by atoms with Crippen molar-refractivity contribution in [1.29, 1.82) is 0 Å². The third-order valence-corrected chi connectivity index (χ3v) is 10.6. The predicted octanol–water partition coefficient (Wildman–Crippen LogP) is 5.81. The summed E-state index contributed by atoms with van der Waals surface area (Å²) in [4.78, 5) is 54.1. The summed E-state index contributed by atoms with van der Waals surface area (Å²) in [6.07, 6.45) is 3.05. The van der Waals surface area contributed by atoms with Gasteiger partial charge in [-0.2, -0.15) is 0 Å². The van der Waals surface area contributed by atoms with Gasteiger partial charge in [-0.1, -0.05) is 38.1 Å². The van der Waals surface area contributed by atoms with Crippen molar-refractivity contribution in [3.05, 3.63) is 91.6 Å². The molecule has 0 spiro atoms. The van der Waals surface area contributed by atoms with Crippen LogP contribution in [0.4, 0.5) is 15.8 Å². The van der Waals surface area contributed by atoms with Gasteiger partial charge in [0.15, 0.2) is 0 Å². The number of imidazole rings is 1. The highest BCUT2D eigenvalue weighted by Crippen LogP contribution is 2.48. The zero-order chi connectivity index (χ0) is 35.2. The Morgan fingerprint density at radius 1 is 1.04 bits per heavy atom. The average Bonchev–Trinajstić information content (AvgIpc) is 3.34. The first-order valence-corrected chi connectivity index (χ1v) is 16.8. The van der Waals surface area contributed by atoms with E-state index in [1.165, 1.54) is 16.7 Å². The number of pyridine rings is 2. The molecular formula is C37H39ClFN7O3. The van der Waals surface area contributed by atoms with Gasteiger partial charge < -0.3 is 19.7 Å². The molecule has 7 rings (SSSR count). The molecule has 49 heavy (non-hydrogen) atoms. The summed E-state index contributed by atoms with van der Waals surface area (Å²) >= 11 is 7.48. The minimum absolute atomic E-state index is 0.0459. The minimum Gasteiger partial charge on any atom is -0.366 e. The van der Waals surface area contributed by atoms with Crippen LogP contribution in [0.3, 0.4) is 0 Å². The molecule has 1 saturated heterocycles. The molecule has 3 aromatic heterocycles. The molecule has 5 heterocycles. The van der Waals surface area contributed by atoms with Gasteiger partial charge in [-0.3, -0.25) is 23.7 Å². The lowest BCUT2D eigenvalue weighted by Gasteiger charge is -2.51. The van der Waals surface area contributed by atoms with E-state index >= 15 is 9.18 Å². The van der Waals surface area contributed by atoms with Crippen molar-refractivity contribution in [2.45, 2.75) is 52.6 Å². The van der Waals surface area contributed by atoms with Crippen LogP contribution in [0.2, 0.25) is 5.02 Å². The summed E-state index contributed by atoms with van der Waals surface area (Å²) in [5.41, 5.74) is 5.17. The average molecular weight is 684 g/mol. The van der Waals surface area contributed by atoms with Crippen LogP contribution in [-0.4, -0.2) is 68.7 Å². The van der Waals surface area contributed by atoms with E-state index in [1.54, 1.807) is 28.8 Å². The van der Waals surface area contributed by atoms with Crippen molar-refractivity contribution in [2.75, 3.05) is 36.5 Å². The Bertz CT molecular complexity index is 2360. The number of nitrogens with one attached hydrogen (secondary N) is 1. The van der Waals surface area contributed by atoms with Crippen LogP contribution >= 0.6 is 11.6 Å². The second kappa shape index (κ2) is 11.6. The van der Waals surface area contributed by atoms with Gasteiger partial charge in [0.1, 0.15) is 11.5 Å². The van der Waals surface area contributed by atoms with Gasteiger partial charge in [0.25, 0.3) is 5.56 Å². The molecule has 2 atom stereocenters. The predicted molar refractivity (Wildman–Crippen MR) is 194 cm³/mol. The van der Waals surface area contributed by atoms with Crippen LogP contribution in [0.5, 0.6) is 0 Å². The Morgan fingerprint density at radius 2 is 1.78 bits per heavy atom. The number of benzene rings is 2. The molecule has 2 aliphatic heterocycles. The van der Waals surface area contributed by atoms with Crippen LogP contribution in [0, 0.1) is 19.7 Å². The number of fused-ring (bicyclic) bond motifs is 6. The van der Waals surface area contributed by atoms with E-state index in [0.717, 1.165) is 5.56 Å². The van der Waals surface area contributed by atoms with Crippen LogP contribution in [-0.2, 0) is 11.8 Å². The summed E-state index contributed by atoms with van der Waals surface area (Å²) < 4.78 is 20.1. The number of amides is 1. The number of carbonyl (C=O) groups excluding carboxylic acids is 1. The monoisotopic (exact) mass is 683 g/mol. The van der Waals surface area contributed by atoms with Crippen molar-refractivity contribution in [3.63, 3.8) is 0 Å². The maximum Gasteiger partial charge on any atom is 0.326 e. The summed E-state index contributed by atoms with van der Waals surface area (Å²) in [5.74, 6) is -0.786. The lowest BCUT2D eigenvalue weighted by Crippen LogP contribution is -2.64. The van der Waals surface area contributed by atoms with E-state index < -0.39 is 5.82 Å². The summed E-state index contributed by atoms with van der Waals surface area (Å²) in [7, 11) is 3.48. The first-order valence-electron chi connectivity index (χ1n) is 16.4. The van der Waals surface area contributed by atoms with Gasteiger partial charge in [-0.15, -0.1) is 0 Å². The number of piperazine rings is 1. The third-order valence-electron chi connectivity index (χ3n) is 10.2. The van der Waals surface area contributed by atoms with Crippen LogP contribution < -0.4 is 21.0 Å². The van der Waals surface area contributed by atoms with Gasteiger partial charge in [-0.05, 0) is 62.1 Å². The van der Waals surface area contributed by atoms with Gasteiger partial charge in [0.2, 0.25) is 5.91 Å². The molecule has 0 radical (unpaired) electrons. The highest BCUT2D eigenvalue weighted by Gasteiger charge is 2.42. The van der Waals surface area contributed by atoms with E-state index in [-0.39, 0.29) is 45.7 Å². The Balaban J connectivity index is 1.65. The molecule has 2 aromatic carbocycles. The quantitative estimate of drug-likeness (QED) is 0.240. The van der Waals surface area contributed by atoms with Crippen molar-refractivity contribution in [1.82, 2.24) is 24.0 Å². The molecule has 1 fully saturated rings. The number of aromatic nitrogens is 4. The molecule has 254 valence electrons. The van der Waals surface area contributed by atoms with Gasteiger partial charge in [0, 0.05) is 62.5 Å². The number of likely N-dealkylation sites (N-methyl/N-ethyl adjacent to an activating group) is 1. The smallest absolute Gasteiger partial charge is 0.326 e. The van der Waals surface area contributed by atoms with Crippen molar-refractivity contribution in [3.8, 4) is 16.8 Å². The fourth-order valence-corrected chi connectivity index (χ4v) is 8.23. The number of hydrogen-bond donors (Lipinski definition) is 1. The number of aromatic amines is 1. The SMILES string of the molecule is C=CC(=O)N1CC2CN(C)c3c(c4cc(F)c(-c5c(C)ccc6[nH]c(=O)n(C)c56)c(Cl)c4n(-c4c(C)ccnc4C(C)C)c3=O)N2CC1C. The van der Waals surface area contributed by atoms with Crippen LogP contribution in [0.25, 0.3) is 38.8 Å². The molecule has 2 unspecified atom stereocenters. The molecule has 10 nitrogen and oxygen atoms in total. The van der Waals surface area contributed by atoms with Gasteiger partial charge in [0.05, 0.1) is 44.7 Å².